The van der Waals surface area contributed by atoms with E-state index in [1.54, 1.807) is 12.1 Å². The molecular formula is C16H16O4. The molecule has 0 saturated heterocycles. The van der Waals surface area contributed by atoms with Gasteiger partial charge in [-0.05, 0) is 41.8 Å². The van der Waals surface area contributed by atoms with Gasteiger partial charge in [0, 0.05) is 0 Å². The molecule has 2 rings (SSSR count). The molecule has 4 nitrogen and oxygen atoms in total. The molecule has 0 aliphatic rings. The van der Waals surface area contributed by atoms with Gasteiger partial charge in [-0.1, -0.05) is 24.3 Å². The van der Waals surface area contributed by atoms with Crippen molar-refractivity contribution in [3.8, 4) is 16.9 Å². The van der Waals surface area contributed by atoms with Gasteiger partial charge in [0.2, 0.25) is 0 Å². The van der Waals surface area contributed by atoms with E-state index >= 15 is 0 Å². The lowest BCUT2D eigenvalue weighted by atomic mass is 10.0. The molecule has 0 radical (unpaired) electrons. The second kappa shape index (κ2) is 6.21. The average molecular weight is 272 g/mol. The van der Waals surface area contributed by atoms with Crippen molar-refractivity contribution in [2.75, 3.05) is 6.61 Å². The minimum Gasteiger partial charge on any atom is -0.493 e. The van der Waals surface area contributed by atoms with Crippen molar-refractivity contribution in [3.63, 3.8) is 0 Å². The van der Waals surface area contributed by atoms with Gasteiger partial charge in [-0.15, -0.1) is 0 Å². The highest BCUT2D eigenvalue weighted by atomic mass is 16.5. The lowest BCUT2D eigenvalue weighted by molar-refractivity contribution is 0.0692. The molecular weight excluding hydrogens is 256 g/mol. The van der Waals surface area contributed by atoms with Crippen LogP contribution in [0.15, 0.2) is 42.5 Å². The molecule has 0 unspecified atom stereocenters. The highest BCUT2D eigenvalue weighted by molar-refractivity contribution is 5.92. The molecule has 0 aliphatic carbocycles. The van der Waals surface area contributed by atoms with Gasteiger partial charge >= 0.3 is 5.97 Å². The van der Waals surface area contributed by atoms with Crippen LogP contribution in [0.3, 0.4) is 0 Å². The number of aromatic carboxylic acids is 1. The summed E-state index contributed by atoms with van der Waals surface area (Å²) in [6, 6.07) is 12.4. The third kappa shape index (κ3) is 2.97. The molecule has 0 atom stereocenters. The molecule has 0 fully saturated rings. The van der Waals surface area contributed by atoms with Gasteiger partial charge in [-0.2, -0.15) is 0 Å². The first-order valence-electron chi connectivity index (χ1n) is 6.36. The number of aliphatic hydroxyl groups excluding tert-OH is 1. The van der Waals surface area contributed by atoms with Crippen LogP contribution in [0.25, 0.3) is 11.1 Å². The maximum absolute atomic E-state index is 11.3. The van der Waals surface area contributed by atoms with Crippen molar-refractivity contribution in [2.45, 2.75) is 13.5 Å². The van der Waals surface area contributed by atoms with Crippen molar-refractivity contribution in [2.24, 2.45) is 0 Å². The molecule has 2 aromatic carbocycles. The third-order valence-electron chi connectivity index (χ3n) is 2.95. The Bertz CT molecular complexity index is 620. The highest BCUT2D eigenvalue weighted by Crippen LogP contribution is 2.27. The summed E-state index contributed by atoms with van der Waals surface area (Å²) in [7, 11) is 0. The van der Waals surface area contributed by atoms with Crippen molar-refractivity contribution < 1.29 is 19.7 Å². The first-order valence-corrected chi connectivity index (χ1v) is 6.36. The number of carboxylic acids is 1. The minimum atomic E-state index is -1.02. The molecule has 0 bridgehead atoms. The summed E-state index contributed by atoms with van der Waals surface area (Å²) >= 11 is 0. The molecule has 0 amide bonds. The van der Waals surface area contributed by atoms with Crippen LogP contribution in [-0.4, -0.2) is 22.8 Å². The topological polar surface area (TPSA) is 66.8 Å². The van der Waals surface area contributed by atoms with E-state index < -0.39 is 5.97 Å². The van der Waals surface area contributed by atoms with Crippen LogP contribution in [0.4, 0.5) is 0 Å². The van der Waals surface area contributed by atoms with Crippen molar-refractivity contribution >= 4 is 5.97 Å². The monoisotopic (exact) mass is 272 g/mol. The van der Waals surface area contributed by atoms with E-state index in [1.807, 2.05) is 37.3 Å². The predicted molar refractivity (Wildman–Crippen MR) is 75.9 cm³/mol. The number of hydrogen-bond donors (Lipinski definition) is 2. The fraction of sp³-hybridized carbons (Fsp3) is 0.188. The van der Waals surface area contributed by atoms with Gasteiger partial charge < -0.3 is 14.9 Å². The highest BCUT2D eigenvalue weighted by Gasteiger charge is 2.12. The summed E-state index contributed by atoms with van der Waals surface area (Å²) in [5.41, 5.74) is 2.57. The Labute approximate surface area is 117 Å². The zero-order valence-electron chi connectivity index (χ0n) is 11.2. The van der Waals surface area contributed by atoms with Gasteiger partial charge in [-0.3, -0.25) is 0 Å². The molecule has 0 saturated carbocycles. The SMILES string of the molecule is CCOc1ccc(-c2cccc(CO)c2)cc1C(=O)O. The quantitative estimate of drug-likeness (QED) is 0.878. The van der Waals surface area contributed by atoms with E-state index in [4.69, 9.17) is 9.84 Å². The number of carboxylic acid groups (broad SMARTS) is 1. The van der Waals surface area contributed by atoms with Crippen molar-refractivity contribution in [3.05, 3.63) is 53.6 Å². The van der Waals surface area contributed by atoms with Gasteiger partial charge in [0.05, 0.1) is 13.2 Å². The summed E-state index contributed by atoms with van der Waals surface area (Å²) in [6.07, 6.45) is 0. The third-order valence-corrected chi connectivity index (χ3v) is 2.95. The largest absolute Gasteiger partial charge is 0.493 e. The Balaban J connectivity index is 2.47. The molecule has 0 heterocycles. The minimum absolute atomic E-state index is 0.0450. The molecule has 4 heteroatoms. The van der Waals surface area contributed by atoms with Crippen LogP contribution < -0.4 is 4.74 Å². The van der Waals surface area contributed by atoms with Crippen molar-refractivity contribution in [1.82, 2.24) is 0 Å². The Morgan fingerprint density at radius 2 is 1.90 bits per heavy atom. The van der Waals surface area contributed by atoms with E-state index in [9.17, 15) is 9.90 Å². The standard InChI is InChI=1S/C16H16O4/c1-2-20-15-7-6-13(9-14(15)16(18)19)12-5-3-4-11(8-12)10-17/h3-9,17H,2,10H2,1H3,(H,18,19). The second-order valence-corrected chi connectivity index (χ2v) is 4.31. The maximum Gasteiger partial charge on any atom is 0.339 e. The first-order chi connectivity index (χ1) is 9.65. The van der Waals surface area contributed by atoms with Crippen LogP contribution in [-0.2, 0) is 6.61 Å². The molecule has 104 valence electrons. The van der Waals surface area contributed by atoms with Crippen molar-refractivity contribution in [1.29, 1.82) is 0 Å². The van der Waals surface area contributed by atoms with Crippen LogP contribution in [0.1, 0.15) is 22.8 Å². The van der Waals surface area contributed by atoms with Gasteiger partial charge in [-0.25, -0.2) is 4.79 Å². The summed E-state index contributed by atoms with van der Waals surface area (Å²) < 4.78 is 5.31. The van der Waals surface area contributed by atoms with E-state index in [2.05, 4.69) is 0 Å². The fourth-order valence-electron chi connectivity index (χ4n) is 2.01. The Kier molecular flexibility index (Phi) is 4.38. The Morgan fingerprint density at radius 3 is 2.55 bits per heavy atom. The average Bonchev–Trinajstić information content (AvgIpc) is 2.48. The number of ether oxygens (including phenoxy) is 1. The Hall–Kier alpha value is -2.33. The van der Waals surface area contributed by atoms with E-state index in [-0.39, 0.29) is 12.2 Å². The van der Waals surface area contributed by atoms with Gasteiger partial charge in [0.15, 0.2) is 0 Å². The normalized spacial score (nSPS) is 10.3. The lowest BCUT2D eigenvalue weighted by Crippen LogP contribution is -2.03. The van der Waals surface area contributed by atoms with Gasteiger partial charge in [0.25, 0.3) is 0 Å². The number of benzene rings is 2. The summed E-state index contributed by atoms with van der Waals surface area (Å²) in [5.74, 6) is -0.657. The second-order valence-electron chi connectivity index (χ2n) is 4.31. The van der Waals surface area contributed by atoms with E-state index in [0.717, 1.165) is 16.7 Å². The van der Waals surface area contributed by atoms with Crippen LogP contribution in [0, 0.1) is 0 Å². The zero-order valence-corrected chi connectivity index (χ0v) is 11.2. The number of carbonyl (C=O) groups is 1. The number of hydrogen-bond acceptors (Lipinski definition) is 3. The van der Waals surface area contributed by atoms with Gasteiger partial charge in [0.1, 0.15) is 11.3 Å². The van der Waals surface area contributed by atoms with E-state index in [0.29, 0.717) is 12.4 Å². The number of rotatable bonds is 5. The molecule has 2 N–H and O–H groups in total. The molecule has 20 heavy (non-hydrogen) atoms. The molecule has 0 aliphatic heterocycles. The van der Waals surface area contributed by atoms with Crippen LogP contribution in [0.2, 0.25) is 0 Å². The first kappa shape index (κ1) is 14.1. The van der Waals surface area contributed by atoms with E-state index in [1.165, 1.54) is 0 Å². The molecule has 0 aromatic heterocycles. The molecule has 2 aromatic rings. The van der Waals surface area contributed by atoms with Crippen LogP contribution in [0.5, 0.6) is 5.75 Å². The van der Waals surface area contributed by atoms with Crippen LogP contribution >= 0.6 is 0 Å². The number of aliphatic hydroxyl groups is 1. The maximum atomic E-state index is 11.3. The summed E-state index contributed by atoms with van der Waals surface area (Å²) in [5, 5.41) is 18.4. The summed E-state index contributed by atoms with van der Waals surface area (Å²) in [4.78, 5) is 11.3. The smallest absolute Gasteiger partial charge is 0.339 e. The fourth-order valence-corrected chi connectivity index (χ4v) is 2.01. The predicted octanol–water partition coefficient (Wildman–Crippen LogP) is 2.94. The zero-order chi connectivity index (χ0) is 14.5. The molecule has 0 spiro atoms. The summed E-state index contributed by atoms with van der Waals surface area (Å²) in [6.45, 7) is 2.18. The Morgan fingerprint density at radius 1 is 1.15 bits per heavy atom. The lowest BCUT2D eigenvalue weighted by Gasteiger charge is -2.10.